The Bertz CT molecular complexity index is 881. The summed E-state index contributed by atoms with van der Waals surface area (Å²) in [5.74, 6) is -0.219. The zero-order valence-electron chi connectivity index (χ0n) is 33.6. The van der Waals surface area contributed by atoms with Crippen LogP contribution in [-0.4, -0.2) is 37.0 Å². The van der Waals surface area contributed by atoms with E-state index < -0.39 is 6.10 Å². The standard InChI is InChI=1S/C47H82O4/c1-3-5-7-9-11-13-15-17-19-21-23-25-27-29-31-33-35-37-39-41-43-50-45-46(44-48)51-47(49)42-40-38-36-34-32-30-28-26-24-22-20-18-16-14-12-10-8-6-4-2/h11-14,17-20,23-26,46,48H,3-10,15-16,21-22,27-45H2,1-2H3/b13-11-,14-12-,19-17-,20-18-,25-23-,26-24-. The molecule has 0 aliphatic rings. The second kappa shape index (κ2) is 44.0. The molecule has 1 N–H and O–H groups in total. The maximum Gasteiger partial charge on any atom is 0.306 e. The number of aliphatic hydroxyl groups is 1. The van der Waals surface area contributed by atoms with E-state index in [0.29, 0.717) is 13.0 Å². The van der Waals surface area contributed by atoms with Crippen LogP contribution in [0.1, 0.15) is 194 Å². The van der Waals surface area contributed by atoms with Gasteiger partial charge in [-0.1, -0.05) is 170 Å². The molecule has 0 spiro atoms. The summed E-state index contributed by atoms with van der Waals surface area (Å²) in [7, 11) is 0. The van der Waals surface area contributed by atoms with E-state index in [-0.39, 0.29) is 19.2 Å². The lowest BCUT2D eigenvalue weighted by Gasteiger charge is -2.15. The molecule has 0 saturated carbocycles. The van der Waals surface area contributed by atoms with Crippen molar-refractivity contribution in [2.75, 3.05) is 19.8 Å². The lowest BCUT2D eigenvalue weighted by Crippen LogP contribution is -2.27. The molecule has 0 aliphatic heterocycles. The molecule has 4 nitrogen and oxygen atoms in total. The number of carbonyl (C=O) groups excluding carboxylic acids is 1. The van der Waals surface area contributed by atoms with E-state index in [0.717, 1.165) is 64.2 Å². The third kappa shape index (κ3) is 42.1. The van der Waals surface area contributed by atoms with Crippen LogP contribution in [0, 0.1) is 0 Å². The quantitative estimate of drug-likeness (QED) is 0.0392. The number of rotatable bonds is 39. The molecule has 4 heteroatoms. The van der Waals surface area contributed by atoms with Gasteiger partial charge in [0, 0.05) is 13.0 Å². The topological polar surface area (TPSA) is 55.8 Å². The summed E-state index contributed by atoms with van der Waals surface area (Å²) >= 11 is 0. The molecule has 0 amide bonds. The van der Waals surface area contributed by atoms with Gasteiger partial charge < -0.3 is 14.6 Å². The van der Waals surface area contributed by atoms with Crippen molar-refractivity contribution in [3.05, 3.63) is 72.9 Å². The molecule has 0 aromatic carbocycles. The van der Waals surface area contributed by atoms with Crippen molar-refractivity contribution in [2.45, 2.75) is 200 Å². The van der Waals surface area contributed by atoms with Crippen LogP contribution in [-0.2, 0) is 14.3 Å². The fourth-order valence-electron chi connectivity index (χ4n) is 5.75. The van der Waals surface area contributed by atoms with Gasteiger partial charge in [-0.25, -0.2) is 0 Å². The van der Waals surface area contributed by atoms with Crippen molar-refractivity contribution in [1.29, 1.82) is 0 Å². The molecule has 51 heavy (non-hydrogen) atoms. The smallest absolute Gasteiger partial charge is 0.306 e. The lowest BCUT2D eigenvalue weighted by atomic mass is 10.1. The number of hydrogen-bond acceptors (Lipinski definition) is 4. The van der Waals surface area contributed by atoms with Crippen LogP contribution in [0.15, 0.2) is 72.9 Å². The first kappa shape index (κ1) is 48.8. The van der Waals surface area contributed by atoms with Gasteiger partial charge in [-0.15, -0.1) is 0 Å². The summed E-state index contributed by atoms with van der Waals surface area (Å²) in [6, 6.07) is 0. The van der Waals surface area contributed by atoms with Crippen molar-refractivity contribution in [3.8, 4) is 0 Å². The van der Waals surface area contributed by atoms with Gasteiger partial charge >= 0.3 is 5.97 Å². The summed E-state index contributed by atoms with van der Waals surface area (Å²) in [4.78, 5) is 12.2. The first-order valence-electron chi connectivity index (χ1n) is 21.5. The molecule has 0 aliphatic carbocycles. The Morgan fingerprint density at radius 2 is 0.824 bits per heavy atom. The Morgan fingerprint density at radius 1 is 0.471 bits per heavy atom. The molecule has 0 aromatic heterocycles. The van der Waals surface area contributed by atoms with Crippen LogP contribution in [0.4, 0.5) is 0 Å². The molecule has 0 bridgehead atoms. The minimum absolute atomic E-state index is 0.185. The highest BCUT2D eigenvalue weighted by atomic mass is 16.6. The Labute approximate surface area is 317 Å². The Morgan fingerprint density at radius 3 is 1.24 bits per heavy atom. The number of unbranched alkanes of at least 4 members (excludes halogenated alkanes) is 19. The molecule has 0 heterocycles. The van der Waals surface area contributed by atoms with E-state index in [1.807, 2.05) is 0 Å². The number of hydrogen-bond donors (Lipinski definition) is 1. The van der Waals surface area contributed by atoms with E-state index in [4.69, 9.17) is 9.47 Å². The van der Waals surface area contributed by atoms with Crippen molar-refractivity contribution >= 4 is 5.97 Å². The molecule has 0 aromatic rings. The average molecular weight is 711 g/mol. The Balaban J connectivity index is 3.51. The third-order valence-corrected chi connectivity index (χ3v) is 9.00. The van der Waals surface area contributed by atoms with E-state index in [1.165, 1.54) is 109 Å². The molecule has 0 fully saturated rings. The summed E-state index contributed by atoms with van der Waals surface area (Å²) in [6.45, 7) is 5.25. The lowest BCUT2D eigenvalue weighted by molar-refractivity contribution is -0.154. The zero-order valence-corrected chi connectivity index (χ0v) is 33.6. The summed E-state index contributed by atoms with van der Waals surface area (Å²) in [5.41, 5.74) is 0. The second-order valence-corrected chi connectivity index (χ2v) is 14.1. The van der Waals surface area contributed by atoms with Crippen LogP contribution < -0.4 is 0 Å². The minimum Gasteiger partial charge on any atom is -0.457 e. The van der Waals surface area contributed by atoms with Crippen LogP contribution >= 0.6 is 0 Å². The van der Waals surface area contributed by atoms with E-state index in [2.05, 4.69) is 86.8 Å². The molecular weight excluding hydrogens is 629 g/mol. The Kier molecular flexibility index (Phi) is 42.1. The molecule has 0 radical (unpaired) electrons. The largest absolute Gasteiger partial charge is 0.457 e. The molecule has 294 valence electrons. The van der Waals surface area contributed by atoms with Crippen LogP contribution in [0.5, 0.6) is 0 Å². The number of aliphatic hydroxyl groups excluding tert-OH is 1. The van der Waals surface area contributed by atoms with Gasteiger partial charge in [0.1, 0.15) is 6.10 Å². The number of allylic oxidation sites excluding steroid dienone is 12. The maximum atomic E-state index is 12.2. The summed E-state index contributed by atoms with van der Waals surface area (Å²) in [5, 5.41) is 9.60. The molecule has 1 unspecified atom stereocenters. The summed E-state index contributed by atoms with van der Waals surface area (Å²) < 4.78 is 11.1. The first-order valence-corrected chi connectivity index (χ1v) is 21.5. The van der Waals surface area contributed by atoms with Gasteiger partial charge in [-0.3, -0.25) is 4.79 Å². The molecule has 0 saturated heterocycles. The van der Waals surface area contributed by atoms with E-state index in [9.17, 15) is 9.90 Å². The van der Waals surface area contributed by atoms with Gasteiger partial charge in [0.15, 0.2) is 0 Å². The molecule has 1 atom stereocenters. The van der Waals surface area contributed by atoms with E-state index in [1.54, 1.807) is 0 Å². The minimum atomic E-state index is -0.550. The number of ether oxygens (including phenoxy) is 2. The van der Waals surface area contributed by atoms with Crippen LogP contribution in [0.2, 0.25) is 0 Å². The van der Waals surface area contributed by atoms with Crippen molar-refractivity contribution < 1.29 is 19.4 Å². The SMILES string of the molecule is CCCCC/C=C\C/C=C\C/C=C\CCCCCCCCCOCC(CO)OC(=O)CCCCCCCC/C=C\C/C=C\C/C=C\CCCCC. The van der Waals surface area contributed by atoms with Gasteiger partial charge in [0.25, 0.3) is 0 Å². The number of carbonyl (C=O) groups is 1. The van der Waals surface area contributed by atoms with Crippen LogP contribution in [0.3, 0.4) is 0 Å². The number of esters is 1. The van der Waals surface area contributed by atoms with Crippen molar-refractivity contribution in [1.82, 2.24) is 0 Å². The monoisotopic (exact) mass is 711 g/mol. The fraction of sp³-hybridized carbons (Fsp3) is 0.723. The highest BCUT2D eigenvalue weighted by molar-refractivity contribution is 5.69. The second-order valence-electron chi connectivity index (χ2n) is 14.1. The molecular formula is C47H82O4. The van der Waals surface area contributed by atoms with E-state index >= 15 is 0 Å². The van der Waals surface area contributed by atoms with Gasteiger partial charge in [-0.2, -0.15) is 0 Å². The maximum absolute atomic E-state index is 12.2. The van der Waals surface area contributed by atoms with Crippen molar-refractivity contribution in [2.24, 2.45) is 0 Å². The predicted molar refractivity (Wildman–Crippen MR) is 223 cm³/mol. The average Bonchev–Trinajstić information content (AvgIpc) is 3.14. The highest BCUT2D eigenvalue weighted by Gasteiger charge is 2.13. The van der Waals surface area contributed by atoms with Gasteiger partial charge in [0.05, 0.1) is 13.2 Å². The normalized spacial score (nSPS) is 13.1. The van der Waals surface area contributed by atoms with Gasteiger partial charge in [-0.05, 0) is 89.9 Å². The summed E-state index contributed by atoms with van der Waals surface area (Å²) in [6.07, 6.45) is 59.5. The fourth-order valence-corrected chi connectivity index (χ4v) is 5.75. The van der Waals surface area contributed by atoms with Gasteiger partial charge in [0.2, 0.25) is 0 Å². The predicted octanol–water partition coefficient (Wildman–Crippen LogP) is 14.2. The van der Waals surface area contributed by atoms with Crippen molar-refractivity contribution in [3.63, 3.8) is 0 Å². The van der Waals surface area contributed by atoms with Crippen LogP contribution in [0.25, 0.3) is 0 Å². The zero-order chi connectivity index (χ0) is 37.0. The molecule has 0 rings (SSSR count). The highest BCUT2D eigenvalue weighted by Crippen LogP contribution is 2.12. The Hall–Kier alpha value is -2.17. The first-order chi connectivity index (χ1) is 25.2. The third-order valence-electron chi connectivity index (χ3n) is 9.00.